The van der Waals surface area contributed by atoms with Crippen LogP contribution in [0.3, 0.4) is 0 Å². The van der Waals surface area contributed by atoms with E-state index >= 15 is 0 Å². The molecule has 0 saturated carbocycles. The quantitative estimate of drug-likeness (QED) is 0.842. The first kappa shape index (κ1) is 17.3. The number of alkyl halides is 3. The van der Waals surface area contributed by atoms with Gasteiger partial charge in [0.15, 0.2) is 0 Å². The van der Waals surface area contributed by atoms with Crippen molar-refractivity contribution in [2.75, 3.05) is 10.5 Å². The van der Waals surface area contributed by atoms with E-state index in [4.69, 9.17) is 5.11 Å². The Bertz CT molecular complexity index is 626. The number of anilines is 1. The van der Waals surface area contributed by atoms with Crippen molar-refractivity contribution < 1.29 is 31.5 Å². The van der Waals surface area contributed by atoms with Crippen LogP contribution in [0, 0.1) is 6.92 Å². The SMILES string of the molecule is Cc1c(NS(=O)(=O)CCCC(F)(F)F)cccc1C(=O)O. The van der Waals surface area contributed by atoms with Gasteiger partial charge in [-0.3, -0.25) is 4.72 Å². The molecule has 0 unspecified atom stereocenters. The molecule has 1 aromatic rings. The Kier molecular flexibility index (Phi) is 5.21. The molecule has 0 bridgehead atoms. The molecule has 0 radical (unpaired) electrons. The second-order valence-electron chi connectivity index (χ2n) is 4.42. The number of rotatable bonds is 6. The highest BCUT2D eigenvalue weighted by atomic mass is 32.2. The molecule has 1 rings (SSSR count). The Morgan fingerprint density at radius 3 is 2.48 bits per heavy atom. The average molecular weight is 325 g/mol. The van der Waals surface area contributed by atoms with Crippen LogP contribution in [0.15, 0.2) is 18.2 Å². The van der Waals surface area contributed by atoms with Crippen LogP contribution in [0.5, 0.6) is 0 Å². The Morgan fingerprint density at radius 2 is 1.95 bits per heavy atom. The summed E-state index contributed by atoms with van der Waals surface area (Å²) in [5.41, 5.74) is 0.164. The molecule has 0 saturated heterocycles. The molecule has 0 aliphatic rings. The lowest BCUT2D eigenvalue weighted by atomic mass is 10.1. The molecular weight excluding hydrogens is 311 g/mol. The first-order valence-corrected chi connectivity index (χ1v) is 7.57. The van der Waals surface area contributed by atoms with Crippen molar-refractivity contribution in [1.29, 1.82) is 0 Å². The van der Waals surface area contributed by atoms with Crippen molar-refractivity contribution in [1.82, 2.24) is 0 Å². The maximum atomic E-state index is 12.0. The predicted octanol–water partition coefficient (Wildman–Crippen LogP) is 2.78. The number of sulfonamides is 1. The molecule has 5 nitrogen and oxygen atoms in total. The number of aromatic carboxylic acids is 1. The summed E-state index contributed by atoms with van der Waals surface area (Å²) in [5.74, 6) is -1.91. The van der Waals surface area contributed by atoms with Gasteiger partial charge in [0.2, 0.25) is 10.0 Å². The molecule has 0 fully saturated rings. The van der Waals surface area contributed by atoms with Gasteiger partial charge in [0, 0.05) is 6.42 Å². The minimum atomic E-state index is -4.41. The van der Waals surface area contributed by atoms with Gasteiger partial charge in [-0.2, -0.15) is 13.2 Å². The van der Waals surface area contributed by atoms with Crippen LogP contribution in [0.25, 0.3) is 0 Å². The van der Waals surface area contributed by atoms with Gasteiger partial charge in [-0.25, -0.2) is 13.2 Å². The summed E-state index contributed by atoms with van der Waals surface area (Å²) < 4.78 is 61.4. The van der Waals surface area contributed by atoms with Crippen LogP contribution in [-0.4, -0.2) is 31.4 Å². The number of nitrogens with one attached hydrogen (secondary N) is 1. The molecule has 0 aliphatic carbocycles. The fourth-order valence-corrected chi connectivity index (χ4v) is 2.84. The fourth-order valence-electron chi connectivity index (χ4n) is 1.66. The molecule has 1 aromatic carbocycles. The van der Waals surface area contributed by atoms with Gasteiger partial charge in [0.05, 0.1) is 17.0 Å². The third-order valence-corrected chi connectivity index (χ3v) is 4.06. The van der Waals surface area contributed by atoms with Crippen molar-refractivity contribution in [3.63, 3.8) is 0 Å². The Labute approximate surface area is 119 Å². The summed E-state index contributed by atoms with van der Waals surface area (Å²) in [6.45, 7) is 1.41. The summed E-state index contributed by atoms with van der Waals surface area (Å²) in [4.78, 5) is 10.9. The number of carboxylic acid groups (broad SMARTS) is 1. The van der Waals surface area contributed by atoms with Gasteiger partial charge in [-0.15, -0.1) is 0 Å². The molecule has 0 aliphatic heterocycles. The number of hydrogen-bond acceptors (Lipinski definition) is 3. The van der Waals surface area contributed by atoms with Crippen molar-refractivity contribution in [2.45, 2.75) is 25.9 Å². The van der Waals surface area contributed by atoms with Crippen molar-refractivity contribution in [2.24, 2.45) is 0 Å². The van der Waals surface area contributed by atoms with Crippen LogP contribution in [0.1, 0.15) is 28.8 Å². The number of halogens is 3. The van der Waals surface area contributed by atoms with E-state index < -0.39 is 40.8 Å². The van der Waals surface area contributed by atoms with Crippen LogP contribution in [0.2, 0.25) is 0 Å². The normalized spacial score (nSPS) is 12.2. The second-order valence-corrected chi connectivity index (χ2v) is 6.26. The molecule has 118 valence electrons. The lowest BCUT2D eigenvalue weighted by molar-refractivity contribution is -0.134. The van der Waals surface area contributed by atoms with Crippen LogP contribution in [0.4, 0.5) is 18.9 Å². The Balaban J connectivity index is 2.81. The minimum Gasteiger partial charge on any atom is -0.478 e. The van der Waals surface area contributed by atoms with Gasteiger partial charge >= 0.3 is 12.1 Å². The van der Waals surface area contributed by atoms with E-state index in [1.54, 1.807) is 0 Å². The lowest BCUT2D eigenvalue weighted by Gasteiger charge is -2.12. The topological polar surface area (TPSA) is 83.5 Å². The molecule has 0 atom stereocenters. The van der Waals surface area contributed by atoms with Gasteiger partial charge in [0.25, 0.3) is 0 Å². The highest BCUT2D eigenvalue weighted by Crippen LogP contribution is 2.23. The zero-order valence-corrected chi connectivity index (χ0v) is 11.9. The van der Waals surface area contributed by atoms with E-state index in [0.29, 0.717) is 0 Å². The predicted molar refractivity (Wildman–Crippen MR) is 70.8 cm³/mol. The van der Waals surface area contributed by atoms with Crippen LogP contribution >= 0.6 is 0 Å². The zero-order chi connectivity index (χ0) is 16.3. The van der Waals surface area contributed by atoms with E-state index in [9.17, 15) is 26.4 Å². The van der Waals surface area contributed by atoms with E-state index in [2.05, 4.69) is 4.72 Å². The summed E-state index contributed by atoms with van der Waals surface area (Å²) in [6, 6.07) is 4.01. The standard InChI is InChI=1S/C12H14F3NO4S/c1-8-9(11(17)18)4-2-5-10(8)16-21(19,20)7-3-6-12(13,14)15/h2,4-5,16H,3,6-7H2,1H3,(H,17,18). The maximum absolute atomic E-state index is 12.0. The van der Waals surface area contributed by atoms with Gasteiger partial charge in [-0.05, 0) is 31.0 Å². The van der Waals surface area contributed by atoms with Crippen molar-refractivity contribution >= 4 is 21.7 Å². The lowest BCUT2D eigenvalue weighted by Crippen LogP contribution is -2.19. The molecule has 0 amide bonds. The summed E-state index contributed by atoms with van der Waals surface area (Å²) in [6.07, 6.45) is -6.16. The first-order chi connectivity index (χ1) is 9.52. The molecule has 2 N–H and O–H groups in total. The van der Waals surface area contributed by atoms with Crippen molar-refractivity contribution in [3.8, 4) is 0 Å². The van der Waals surface area contributed by atoms with Crippen LogP contribution in [-0.2, 0) is 10.0 Å². The molecule has 0 spiro atoms. The smallest absolute Gasteiger partial charge is 0.389 e. The van der Waals surface area contributed by atoms with E-state index in [0.717, 1.165) is 0 Å². The zero-order valence-electron chi connectivity index (χ0n) is 11.1. The second kappa shape index (κ2) is 6.33. The maximum Gasteiger partial charge on any atom is 0.389 e. The number of hydrogen-bond donors (Lipinski definition) is 2. The Morgan fingerprint density at radius 1 is 1.33 bits per heavy atom. The number of carboxylic acids is 1. The third kappa shape index (κ3) is 5.62. The van der Waals surface area contributed by atoms with E-state index in [1.807, 2.05) is 0 Å². The minimum absolute atomic E-state index is 0.0434. The summed E-state index contributed by atoms with van der Waals surface area (Å²) in [5, 5.41) is 8.92. The van der Waals surface area contributed by atoms with Gasteiger partial charge in [0.1, 0.15) is 0 Å². The number of carbonyl (C=O) groups is 1. The fraction of sp³-hybridized carbons (Fsp3) is 0.417. The largest absolute Gasteiger partial charge is 0.478 e. The highest BCUT2D eigenvalue weighted by Gasteiger charge is 2.27. The first-order valence-electron chi connectivity index (χ1n) is 5.92. The summed E-state index contributed by atoms with van der Waals surface area (Å²) >= 11 is 0. The molecule has 0 aromatic heterocycles. The van der Waals surface area contributed by atoms with Gasteiger partial charge < -0.3 is 5.11 Å². The molecule has 21 heavy (non-hydrogen) atoms. The number of benzene rings is 1. The van der Waals surface area contributed by atoms with Gasteiger partial charge in [-0.1, -0.05) is 6.07 Å². The molecule has 9 heteroatoms. The highest BCUT2D eigenvalue weighted by molar-refractivity contribution is 7.92. The monoisotopic (exact) mass is 325 g/mol. The third-order valence-electron chi connectivity index (χ3n) is 2.70. The molecular formula is C12H14F3NO4S. The molecule has 0 heterocycles. The van der Waals surface area contributed by atoms with Crippen molar-refractivity contribution in [3.05, 3.63) is 29.3 Å². The van der Waals surface area contributed by atoms with E-state index in [1.165, 1.54) is 25.1 Å². The summed E-state index contributed by atoms with van der Waals surface area (Å²) in [7, 11) is -3.96. The Hall–Kier alpha value is -1.77. The van der Waals surface area contributed by atoms with E-state index in [-0.39, 0.29) is 16.8 Å². The van der Waals surface area contributed by atoms with Crippen LogP contribution < -0.4 is 4.72 Å². The average Bonchev–Trinajstić information content (AvgIpc) is 2.29.